The van der Waals surface area contributed by atoms with Gasteiger partial charge in [0, 0.05) is 30.2 Å². The molecule has 5 heterocycles. The highest BCUT2D eigenvalue weighted by Crippen LogP contribution is 2.40. The van der Waals surface area contributed by atoms with Crippen LogP contribution in [0, 0.1) is 17.6 Å². The van der Waals surface area contributed by atoms with E-state index < -0.39 is 11.6 Å². The maximum Gasteiger partial charge on any atom is 0.319 e. The number of anilines is 1. The van der Waals surface area contributed by atoms with Crippen molar-refractivity contribution < 1.29 is 18.3 Å². The normalized spacial score (nSPS) is 20.5. The number of pyridine rings is 1. The first-order valence-electron chi connectivity index (χ1n) is 14.4. The minimum absolute atomic E-state index is 0.00816. The van der Waals surface area contributed by atoms with E-state index in [2.05, 4.69) is 14.9 Å². The van der Waals surface area contributed by atoms with E-state index >= 15 is 4.39 Å². The Morgan fingerprint density at radius 1 is 1.05 bits per heavy atom. The van der Waals surface area contributed by atoms with Crippen LogP contribution in [-0.4, -0.2) is 64.1 Å². The second kappa shape index (κ2) is 10.2. The summed E-state index contributed by atoms with van der Waals surface area (Å²) in [7, 11) is 0. The summed E-state index contributed by atoms with van der Waals surface area (Å²) in [4.78, 5) is 30.3. The van der Waals surface area contributed by atoms with Crippen molar-refractivity contribution in [2.24, 2.45) is 11.7 Å². The molecule has 0 spiro atoms. The summed E-state index contributed by atoms with van der Waals surface area (Å²) in [6, 6.07) is 10.1. The van der Waals surface area contributed by atoms with Gasteiger partial charge in [-0.2, -0.15) is 9.97 Å². The van der Waals surface area contributed by atoms with Crippen molar-refractivity contribution in [3.8, 4) is 17.3 Å². The number of rotatable bonds is 6. The van der Waals surface area contributed by atoms with Gasteiger partial charge in [0.25, 0.3) is 0 Å². The fourth-order valence-corrected chi connectivity index (χ4v) is 7.07. The Morgan fingerprint density at radius 2 is 1.83 bits per heavy atom. The van der Waals surface area contributed by atoms with Crippen LogP contribution in [0.15, 0.2) is 42.6 Å². The second-order valence-corrected chi connectivity index (χ2v) is 11.6. The van der Waals surface area contributed by atoms with Gasteiger partial charge in [-0.3, -0.25) is 14.7 Å². The number of benzene rings is 2. The summed E-state index contributed by atoms with van der Waals surface area (Å²) in [5.74, 6) is -1.36. The Hall–Kier alpha value is -3.92. The standard InChI is InChI=1S/C31H32F2N6O2/c32-23-10-2-7-19-6-1-9-21(24(19)23)26-25(33)27-22(16-35-26)29(38-13-3-8-20(17-38)28(34)40)37-30(36-27)41-18-31-11-4-14-39(31)15-5-12-31/h1-2,6-7,9-10,16,20H,3-5,8,11-15,17-18H2,(H2,34,40)/t20-/m0/s1. The molecule has 0 unspecified atom stereocenters. The maximum absolute atomic E-state index is 16.5. The smallest absolute Gasteiger partial charge is 0.319 e. The van der Waals surface area contributed by atoms with Crippen LogP contribution in [0.4, 0.5) is 14.6 Å². The number of amides is 1. The minimum Gasteiger partial charge on any atom is -0.461 e. The van der Waals surface area contributed by atoms with Crippen LogP contribution in [0.1, 0.15) is 38.5 Å². The number of primary amides is 1. The Labute approximate surface area is 236 Å². The van der Waals surface area contributed by atoms with Gasteiger partial charge in [0.15, 0.2) is 5.82 Å². The highest BCUT2D eigenvalue weighted by atomic mass is 19.1. The SMILES string of the molecule is NC(=O)[C@H]1CCCN(c2nc(OCC34CCCN3CCC4)nc3c(F)c(-c4cccc5cccc(F)c45)ncc23)C1. The van der Waals surface area contributed by atoms with E-state index in [0.717, 1.165) is 45.2 Å². The number of nitrogens with two attached hydrogens (primary N) is 1. The van der Waals surface area contributed by atoms with Gasteiger partial charge in [0.05, 0.1) is 16.8 Å². The number of nitrogens with zero attached hydrogens (tertiary/aromatic N) is 5. The molecule has 2 aromatic heterocycles. The van der Waals surface area contributed by atoms with Crippen LogP contribution in [0.2, 0.25) is 0 Å². The van der Waals surface area contributed by atoms with E-state index in [1.54, 1.807) is 30.3 Å². The zero-order chi connectivity index (χ0) is 28.1. The molecule has 0 aliphatic carbocycles. The van der Waals surface area contributed by atoms with Crippen LogP contribution in [-0.2, 0) is 4.79 Å². The molecule has 8 nitrogen and oxygen atoms in total. The number of hydrogen-bond acceptors (Lipinski definition) is 7. The molecule has 0 bridgehead atoms. The van der Waals surface area contributed by atoms with Crippen LogP contribution in [0.5, 0.6) is 6.01 Å². The van der Waals surface area contributed by atoms with Gasteiger partial charge in [-0.25, -0.2) is 8.78 Å². The third-order valence-corrected chi connectivity index (χ3v) is 9.16. The van der Waals surface area contributed by atoms with Crippen molar-refractivity contribution in [3.63, 3.8) is 0 Å². The number of hydrogen-bond donors (Lipinski definition) is 1. The van der Waals surface area contributed by atoms with Gasteiger partial charge >= 0.3 is 6.01 Å². The zero-order valence-corrected chi connectivity index (χ0v) is 22.8. The summed E-state index contributed by atoms with van der Waals surface area (Å²) in [6.45, 7) is 3.54. The number of halogens is 2. The lowest BCUT2D eigenvalue weighted by molar-refractivity contribution is -0.122. The largest absolute Gasteiger partial charge is 0.461 e. The summed E-state index contributed by atoms with van der Waals surface area (Å²) in [5.41, 5.74) is 6.02. The lowest BCUT2D eigenvalue weighted by Crippen LogP contribution is -2.43. The first-order chi connectivity index (χ1) is 19.9. The van der Waals surface area contributed by atoms with Crippen molar-refractivity contribution in [2.75, 3.05) is 37.7 Å². The first-order valence-corrected chi connectivity index (χ1v) is 14.4. The first kappa shape index (κ1) is 26.0. The molecule has 1 atom stereocenters. The third kappa shape index (κ3) is 4.45. The van der Waals surface area contributed by atoms with Crippen molar-refractivity contribution in [2.45, 2.75) is 44.1 Å². The average molecular weight is 559 g/mol. The number of carbonyl (C=O) groups is 1. The molecule has 4 aromatic rings. The quantitative estimate of drug-likeness (QED) is 0.362. The van der Waals surface area contributed by atoms with Gasteiger partial charge < -0.3 is 15.4 Å². The van der Waals surface area contributed by atoms with Gasteiger partial charge in [0.1, 0.15) is 29.5 Å². The summed E-state index contributed by atoms with van der Waals surface area (Å²) < 4.78 is 37.7. The van der Waals surface area contributed by atoms with E-state index in [-0.39, 0.29) is 34.6 Å². The molecule has 3 saturated heterocycles. The molecule has 212 valence electrons. The molecule has 0 saturated carbocycles. The lowest BCUT2D eigenvalue weighted by atomic mass is 9.95. The topological polar surface area (TPSA) is 97.5 Å². The Morgan fingerprint density at radius 3 is 2.61 bits per heavy atom. The molecule has 3 aliphatic heterocycles. The molecule has 1 amide bonds. The fraction of sp³-hybridized carbons (Fsp3) is 0.419. The third-order valence-electron chi connectivity index (χ3n) is 9.16. The second-order valence-electron chi connectivity index (χ2n) is 11.6. The maximum atomic E-state index is 16.5. The molecule has 7 rings (SSSR count). The molecule has 2 aromatic carbocycles. The van der Waals surface area contributed by atoms with Crippen LogP contribution in [0.3, 0.4) is 0 Å². The Bertz CT molecular complexity index is 1650. The van der Waals surface area contributed by atoms with Crippen LogP contribution >= 0.6 is 0 Å². The number of fused-ring (bicyclic) bond motifs is 3. The molecule has 0 radical (unpaired) electrons. The predicted octanol–water partition coefficient (Wildman–Crippen LogP) is 4.83. The monoisotopic (exact) mass is 558 g/mol. The van der Waals surface area contributed by atoms with Gasteiger partial charge in [-0.15, -0.1) is 0 Å². The van der Waals surface area contributed by atoms with E-state index in [1.165, 1.54) is 12.3 Å². The lowest BCUT2D eigenvalue weighted by Gasteiger charge is -2.33. The van der Waals surface area contributed by atoms with Crippen molar-refractivity contribution >= 4 is 33.4 Å². The van der Waals surface area contributed by atoms with Gasteiger partial charge in [-0.05, 0) is 63.1 Å². The molecule has 2 N–H and O–H groups in total. The predicted molar refractivity (Wildman–Crippen MR) is 153 cm³/mol. The highest BCUT2D eigenvalue weighted by molar-refractivity contribution is 5.99. The van der Waals surface area contributed by atoms with Gasteiger partial charge in [0.2, 0.25) is 5.91 Å². The Balaban J connectivity index is 1.35. The summed E-state index contributed by atoms with van der Waals surface area (Å²) in [5, 5.41) is 1.36. The number of carbonyl (C=O) groups excluding carboxylic acids is 1. The van der Waals surface area contributed by atoms with E-state index in [1.807, 2.05) is 4.90 Å². The van der Waals surface area contributed by atoms with Crippen molar-refractivity contribution in [1.82, 2.24) is 19.9 Å². The molecule has 10 heteroatoms. The number of aromatic nitrogens is 3. The molecular formula is C31H32F2N6O2. The van der Waals surface area contributed by atoms with E-state index in [0.29, 0.717) is 53.7 Å². The van der Waals surface area contributed by atoms with E-state index in [9.17, 15) is 9.18 Å². The minimum atomic E-state index is -0.670. The van der Waals surface area contributed by atoms with Gasteiger partial charge in [-0.1, -0.05) is 30.3 Å². The molecule has 3 fully saturated rings. The number of ether oxygens (including phenoxy) is 1. The van der Waals surface area contributed by atoms with E-state index in [4.69, 9.17) is 15.5 Å². The van der Waals surface area contributed by atoms with Crippen LogP contribution < -0.4 is 15.4 Å². The van der Waals surface area contributed by atoms with Crippen molar-refractivity contribution in [1.29, 1.82) is 0 Å². The van der Waals surface area contributed by atoms with Crippen molar-refractivity contribution in [3.05, 3.63) is 54.2 Å². The molecular weight excluding hydrogens is 526 g/mol. The van der Waals surface area contributed by atoms with Crippen LogP contribution in [0.25, 0.3) is 32.9 Å². The molecule has 3 aliphatic rings. The fourth-order valence-electron chi connectivity index (χ4n) is 7.07. The number of piperidine rings is 1. The summed E-state index contributed by atoms with van der Waals surface area (Å²) in [6.07, 6.45) is 7.33. The molecule has 41 heavy (non-hydrogen) atoms. The average Bonchev–Trinajstić information content (AvgIpc) is 3.57. The highest BCUT2D eigenvalue weighted by Gasteiger charge is 2.45. The summed E-state index contributed by atoms with van der Waals surface area (Å²) >= 11 is 0. The zero-order valence-electron chi connectivity index (χ0n) is 22.8. The Kier molecular flexibility index (Phi) is 6.45.